The van der Waals surface area contributed by atoms with Crippen molar-refractivity contribution < 1.29 is 18.0 Å². The van der Waals surface area contributed by atoms with Gasteiger partial charge in [0.25, 0.3) is 0 Å². The lowest BCUT2D eigenvalue weighted by Gasteiger charge is -2.13. The summed E-state index contributed by atoms with van der Waals surface area (Å²) < 4.78 is 22.3. The highest BCUT2D eigenvalue weighted by Crippen LogP contribution is 2.20. The lowest BCUT2D eigenvalue weighted by atomic mass is 10.4. The standard InChI is InChI=1S/C9H10N4O4S/c10-18(16,17)7-1-8(15)13(4-7)9-11-2-6(5-14)3-12-9/h2-3,5,7H,1,4H2,(H2,10,16,17). The van der Waals surface area contributed by atoms with Gasteiger partial charge in [-0.1, -0.05) is 0 Å². The molecule has 1 aromatic rings. The van der Waals surface area contributed by atoms with Gasteiger partial charge in [-0.15, -0.1) is 0 Å². The predicted octanol–water partition coefficient (Wildman–Crippen LogP) is -1.32. The van der Waals surface area contributed by atoms with Crippen molar-refractivity contribution in [1.82, 2.24) is 9.97 Å². The van der Waals surface area contributed by atoms with E-state index in [0.29, 0.717) is 6.29 Å². The minimum absolute atomic E-state index is 0.0664. The van der Waals surface area contributed by atoms with Gasteiger partial charge < -0.3 is 0 Å². The molecule has 1 fully saturated rings. The monoisotopic (exact) mass is 270 g/mol. The first-order valence-corrected chi connectivity index (χ1v) is 6.62. The molecule has 0 saturated carbocycles. The van der Waals surface area contributed by atoms with Crippen molar-refractivity contribution >= 4 is 28.2 Å². The molecule has 18 heavy (non-hydrogen) atoms. The maximum Gasteiger partial charge on any atom is 0.232 e. The van der Waals surface area contributed by atoms with Crippen LogP contribution in [0.5, 0.6) is 0 Å². The number of carbonyl (C=O) groups excluding carboxylic acids is 2. The van der Waals surface area contributed by atoms with E-state index >= 15 is 0 Å². The van der Waals surface area contributed by atoms with Crippen LogP contribution in [0.4, 0.5) is 5.95 Å². The molecule has 2 heterocycles. The minimum atomic E-state index is -3.76. The van der Waals surface area contributed by atoms with Crippen molar-refractivity contribution in [2.45, 2.75) is 11.7 Å². The van der Waals surface area contributed by atoms with Crippen molar-refractivity contribution in [3.05, 3.63) is 18.0 Å². The molecule has 0 aromatic carbocycles. The zero-order valence-electron chi connectivity index (χ0n) is 9.18. The van der Waals surface area contributed by atoms with E-state index in [-0.39, 0.29) is 24.5 Å². The molecule has 0 bridgehead atoms. The Hall–Kier alpha value is -1.87. The second-order valence-electron chi connectivity index (χ2n) is 3.85. The average molecular weight is 270 g/mol. The Bertz CT molecular complexity index is 583. The summed E-state index contributed by atoms with van der Waals surface area (Å²) in [5, 5.41) is 4.05. The zero-order valence-corrected chi connectivity index (χ0v) is 10.0. The highest BCUT2D eigenvalue weighted by molar-refractivity contribution is 7.89. The third-order valence-electron chi connectivity index (χ3n) is 2.59. The molecule has 9 heteroatoms. The largest absolute Gasteiger partial charge is 0.298 e. The summed E-state index contributed by atoms with van der Waals surface area (Å²) in [6.45, 7) is -0.0713. The van der Waals surface area contributed by atoms with Gasteiger partial charge in [0.15, 0.2) is 6.29 Å². The Morgan fingerprint density at radius 2 is 2.00 bits per heavy atom. The molecule has 0 aliphatic carbocycles. The Morgan fingerprint density at radius 1 is 1.39 bits per heavy atom. The molecule has 96 valence electrons. The van der Waals surface area contributed by atoms with Gasteiger partial charge in [0.1, 0.15) is 5.25 Å². The smallest absolute Gasteiger partial charge is 0.232 e. The highest BCUT2D eigenvalue weighted by Gasteiger charge is 2.38. The first kappa shape index (κ1) is 12.6. The third kappa shape index (κ3) is 2.36. The van der Waals surface area contributed by atoms with Gasteiger partial charge in [-0.05, 0) is 0 Å². The summed E-state index contributed by atoms with van der Waals surface area (Å²) in [7, 11) is -3.76. The number of hydrogen-bond acceptors (Lipinski definition) is 6. The van der Waals surface area contributed by atoms with Crippen molar-refractivity contribution in [3.8, 4) is 0 Å². The summed E-state index contributed by atoms with van der Waals surface area (Å²) >= 11 is 0. The Morgan fingerprint density at radius 3 is 2.44 bits per heavy atom. The molecule has 1 amide bonds. The Labute approximate surface area is 103 Å². The van der Waals surface area contributed by atoms with Crippen LogP contribution >= 0.6 is 0 Å². The van der Waals surface area contributed by atoms with Crippen LogP contribution in [0.15, 0.2) is 12.4 Å². The number of sulfonamides is 1. The van der Waals surface area contributed by atoms with E-state index in [2.05, 4.69) is 9.97 Å². The van der Waals surface area contributed by atoms with Gasteiger partial charge >= 0.3 is 0 Å². The van der Waals surface area contributed by atoms with Crippen molar-refractivity contribution in [1.29, 1.82) is 0 Å². The SMILES string of the molecule is NS(=O)(=O)C1CC(=O)N(c2ncc(C=O)cn2)C1. The second-order valence-corrected chi connectivity index (χ2v) is 5.70. The van der Waals surface area contributed by atoms with Crippen LogP contribution in [-0.4, -0.2) is 42.4 Å². The van der Waals surface area contributed by atoms with E-state index in [1.165, 1.54) is 12.4 Å². The van der Waals surface area contributed by atoms with Gasteiger partial charge in [0.05, 0.1) is 5.56 Å². The van der Waals surface area contributed by atoms with E-state index < -0.39 is 21.2 Å². The summed E-state index contributed by atoms with van der Waals surface area (Å²) in [5.41, 5.74) is 0.272. The van der Waals surface area contributed by atoms with E-state index in [0.717, 1.165) is 4.90 Å². The maximum atomic E-state index is 11.6. The fourth-order valence-electron chi connectivity index (χ4n) is 1.62. The number of nitrogens with zero attached hydrogens (tertiary/aromatic N) is 3. The first-order chi connectivity index (χ1) is 8.41. The summed E-state index contributed by atoms with van der Waals surface area (Å²) in [6, 6.07) is 0. The number of primary sulfonamides is 1. The number of aldehydes is 1. The number of carbonyl (C=O) groups is 2. The second kappa shape index (κ2) is 4.42. The highest BCUT2D eigenvalue weighted by atomic mass is 32.2. The van der Waals surface area contributed by atoms with Gasteiger partial charge in [-0.2, -0.15) is 0 Å². The van der Waals surface area contributed by atoms with Gasteiger partial charge in [-0.25, -0.2) is 23.5 Å². The van der Waals surface area contributed by atoms with Crippen molar-refractivity contribution in [2.24, 2.45) is 5.14 Å². The lowest BCUT2D eigenvalue weighted by molar-refractivity contribution is -0.117. The normalized spacial score (nSPS) is 20.2. The Kier molecular flexibility index (Phi) is 3.09. The topological polar surface area (TPSA) is 123 Å². The van der Waals surface area contributed by atoms with Crippen LogP contribution in [-0.2, 0) is 14.8 Å². The van der Waals surface area contributed by atoms with Gasteiger partial charge in [0, 0.05) is 25.4 Å². The quantitative estimate of drug-likeness (QED) is 0.679. The van der Waals surface area contributed by atoms with Crippen molar-refractivity contribution in [3.63, 3.8) is 0 Å². The summed E-state index contributed by atoms with van der Waals surface area (Å²) in [5.74, 6) is -0.343. The van der Waals surface area contributed by atoms with E-state index in [1.54, 1.807) is 0 Å². The predicted molar refractivity (Wildman–Crippen MR) is 61.3 cm³/mol. The van der Waals surface area contributed by atoms with Crippen LogP contribution in [0.25, 0.3) is 0 Å². The van der Waals surface area contributed by atoms with Crippen LogP contribution < -0.4 is 10.0 Å². The molecule has 1 aliphatic rings. The molecular formula is C9H10N4O4S. The number of amides is 1. The van der Waals surface area contributed by atoms with E-state index in [1.807, 2.05) is 0 Å². The number of anilines is 1. The molecule has 1 saturated heterocycles. The molecule has 2 N–H and O–H groups in total. The van der Waals surface area contributed by atoms with Crippen LogP contribution in [0, 0.1) is 0 Å². The molecular weight excluding hydrogens is 260 g/mol. The Balaban J connectivity index is 2.24. The maximum absolute atomic E-state index is 11.6. The molecule has 1 aromatic heterocycles. The van der Waals surface area contributed by atoms with Gasteiger partial charge in [0.2, 0.25) is 21.9 Å². The average Bonchev–Trinajstić information content (AvgIpc) is 2.71. The van der Waals surface area contributed by atoms with Gasteiger partial charge in [-0.3, -0.25) is 14.5 Å². The molecule has 1 unspecified atom stereocenters. The van der Waals surface area contributed by atoms with Crippen LogP contribution in [0.2, 0.25) is 0 Å². The van der Waals surface area contributed by atoms with E-state index in [4.69, 9.17) is 5.14 Å². The number of rotatable bonds is 3. The molecule has 8 nitrogen and oxygen atoms in total. The summed E-state index contributed by atoms with van der Waals surface area (Å²) in [6.07, 6.45) is 2.90. The number of nitrogens with two attached hydrogens (primary N) is 1. The first-order valence-electron chi connectivity index (χ1n) is 5.01. The fourth-order valence-corrected chi connectivity index (χ4v) is 2.35. The minimum Gasteiger partial charge on any atom is -0.298 e. The molecule has 0 radical (unpaired) electrons. The third-order valence-corrected chi connectivity index (χ3v) is 3.83. The number of hydrogen-bond donors (Lipinski definition) is 1. The molecule has 2 rings (SSSR count). The van der Waals surface area contributed by atoms with E-state index in [9.17, 15) is 18.0 Å². The lowest BCUT2D eigenvalue weighted by Crippen LogP contribution is -2.32. The fraction of sp³-hybridized carbons (Fsp3) is 0.333. The molecule has 0 spiro atoms. The summed E-state index contributed by atoms with van der Waals surface area (Å²) in [4.78, 5) is 30.9. The molecule has 1 aliphatic heterocycles. The van der Waals surface area contributed by atoms with Crippen LogP contribution in [0.1, 0.15) is 16.8 Å². The number of aromatic nitrogens is 2. The van der Waals surface area contributed by atoms with Crippen molar-refractivity contribution in [2.75, 3.05) is 11.4 Å². The zero-order chi connectivity index (χ0) is 13.3. The molecule has 1 atom stereocenters. The van der Waals surface area contributed by atoms with Crippen LogP contribution in [0.3, 0.4) is 0 Å².